The Bertz CT molecular complexity index is 610. The van der Waals surface area contributed by atoms with Crippen LogP contribution in [0.1, 0.15) is 31.7 Å². The topological polar surface area (TPSA) is 44.8 Å². The van der Waals surface area contributed by atoms with Crippen molar-refractivity contribution in [2.75, 3.05) is 13.2 Å². The van der Waals surface area contributed by atoms with Crippen LogP contribution in [0.25, 0.3) is 0 Å². The van der Waals surface area contributed by atoms with E-state index in [0.717, 1.165) is 29.9 Å². The van der Waals surface area contributed by atoms with Crippen LogP contribution >= 0.6 is 0 Å². The number of ether oxygens (including phenoxy) is 3. The minimum Gasteiger partial charge on any atom is -0.490 e. The number of carbonyl (C=O) groups excluding carboxylic acids is 1. The number of carbonyl (C=O) groups is 1. The van der Waals surface area contributed by atoms with Crippen molar-refractivity contribution in [2.45, 2.75) is 32.8 Å². The Labute approximate surface area is 143 Å². The van der Waals surface area contributed by atoms with E-state index in [1.807, 2.05) is 61.5 Å². The van der Waals surface area contributed by atoms with Gasteiger partial charge in [-0.15, -0.1) is 0 Å². The van der Waals surface area contributed by atoms with Gasteiger partial charge in [0, 0.05) is 6.42 Å². The van der Waals surface area contributed by atoms with Gasteiger partial charge in [-0.05, 0) is 37.5 Å². The van der Waals surface area contributed by atoms with Crippen molar-refractivity contribution in [1.29, 1.82) is 0 Å². The van der Waals surface area contributed by atoms with Crippen LogP contribution in [0.15, 0.2) is 54.6 Å². The highest BCUT2D eigenvalue weighted by molar-refractivity contribution is 5.69. The summed E-state index contributed by atoms with van der Waals surface area (Å²) in [4.78, 5) is 11.3. The van der Waals surface area contributed by atoms with Gasteiger partial charge in [-0.25, -0.2) is 0 Å². The molecule has 2 aromatic carbocycles. The molecule has 0 aliphatic heterocycles. The van der Waals surface area contributed by atoms with E-state index in [2.05, 4.69) is 0 Å². The summed E-state index contributed by atoms with van der Waals surface area (Å²) in [5.41, 5.74) is 1.11. The van der Waals surface area contributed by atoms with Crippen LogP contribution in [-0.2, 0) is 16.1 Å². The second-order valence-corrected chi connectivity index (χ2v) is 5.33. The maximum Gasteiger partial charge on any atom is 0.305 e. The summed E-state index contributed by atoms with van der Waals surface area (Å²) in [5.74, 6) is 1.31. The smallest absolute Gasteiger partial charge is 0.305 e. The van der Waals surface area contributed by atoms with E-state index in [-0.39, 0.29) is 5.97 Å². The highest BCUT2D eigenvalue weighted by atomic mass is 16.5. The highest BCUT2D eigenvalue weighted by Crippen LogP contribution is 2.27. The molecule has 0 radical (unpaired) electrons. The fourth-order valence-corrected chi connectivity index (χ4v) is 2.21. The number of esters is 1. The lowest BCUT2D eigenvalue weighted by atomic mass is 10.2. The lowest BCUT2D eigenvalue weighted by molar-refractivity contribution is -0.143. The first-order valence-electron chi connectivity index (χ1n) is 8.33. The number of hydrogen-bond donors (Lipinski definition) is 0. The first kappa shape index (κ1) is 17.9. The third kappa shape index (κ3) is 6.32. The zero-order valence-corrected chi connectivity index (χ0v) is 14.1. The van der Waals surface area contributed by atoms with Gasteiger partial charge in [0.2, 0.25) is 0 Å². The number of hydrogen-bond acceptors (Lipinski definition) is 4. The molecule has 0 aromatic heterocycles. The molecular weight excluding hydrogens is 304 g/mol. The van der Waals surface area contributed by atoms with Gasteiger partial charge in [0.25, 0.3) is 0 Å². The van der Waals surface area contributed by atoms with Gasteiger partial charge >= 0.3 is 5.97 Å². The zero-order valence-electron chi connectivity index (χ0n) is 14.1. The van der Waals surface area contributed by atoms with Crippen molar-refractivity contribution < 1.29 is 19.0 Å². The largest absolute Gasteiger partial charge is 0.490 e. The zero-order chi connectivity index (χ0) is 17.0. The molecule has 4 nitrogen and oxygen atoms in total. The van der Waals surface area contributed by atoms with Crippen molar-refractivity contribution in [3.8, 4) is 11.5 Å². The van der Waals surface area contributed by atoms with Crippen LogP contribution in [-0.4, -0.2) is 19.2 Å². The molecule has 0 spiro atoms. The summed E-state index contributed by atoms with van der Waals surface area (Å²) in [6.07, 6.45) is 1.99. The fraction of sp³-hybridized carbons (Fsp3) is 0.350. The Balaban J connectivity index is 1.76. The molecule has 128 valence electrons. The molecule has 0 heterocycles. The lowest BCUT2D eigenvalue weighted by Gasteiger charge is -2.12. The molecule has 4 heteroatoms. The van der Waals surface area contributed by atoms with Crippen molar-refractivity contribution in [3.05, 3.63) is 60.2 Å². The lowest BCUT2D eigenvalue weighted by Crippen LogP contribution is -2.05. The summed E-state index contributed by atoms with van der Waals surface area (Å²) in [6.45, 7) is 3.30. The minimum absolute atomic E-state index is 0.149. The van der Waals surface area contributed by atoms with Gasteiger partial charge in [-0.3, -0.25) is 4.79 Å². The van der Waals surface area contributed by atoms with Gasteiger partial charge in [-0.2, -0.15) is 0 Å². The predicted octanol–water partition coefficient (Wildman–Crippen LogP) is 4.38. The SMILES string of the molecule is CCOC(=O)CCCCOc1ccccc1OCc1ccccc1. The Morgan fingerprint density at radius 3 is 2.25 bits per heavy atom. The summed E-state index contributed by atoms with van der Waals surface area (Å²) < 4.78 is 16.5. The molecule has 0 amide bonds. The quantitative estimate of drug-likeness (QED) is 0.480. The second-order valence-electron chi connectivity index (χ2n) is 5.33. The van der Waals surface area contributed by atoms with E-state index in [1.165, 1.54) is 0 Å². The number of para-hydroxylation sites is 2. The Morgan fingerprint density at radius 2 is 1.54 bits per heavy atom. The molecule has 0 bridgehead atoms. The van der Waals surface area contributed by atoms with Gasteiger partial charge in [0.1, 0.15) is 6.61 Å². The predicted molar refractivity (Wildman–Crippen MR) is 93.2 cm³/mol. The maximum absolute atomic E-state index is 11.3. The van der Waals surface area contributed by atoms with E-state index in [1.54, 1.807) is 0 Å². The second kappa shape index (κ2) is 10.3. The van der Waals surface area contributed by atoms with Crippen molar-refractivity contribution in [2.24, 2.45) is 0 Å². The van der Waals surface area contributed by atoms with Gasteiger partial charge in [0.05, 0.1) is 13.2 Å². The van der Waals surface area contributed by atoms with E-state index in [4.69, 9.17) is 14.2 Å². The number of benzene rings is 2. The van der Waals surface area contributed by atoms with Crippen LogP contribution in [0.4, 0.5) is 0 Å². The molecular formula is C20H24O4. The molecule has 2 rings (SSSR count). The van der Waals surface area contributed by atoms with Crippen molar-refractivity contribution >= 4 is 5.97 Å². The van der Waals surface area contributed by atoms with E-state index >= 15 is 0 Å². The van der Waals surface area contributed by atoms with Crippen LogP contribution in [0.3, 0.4) is 0 Å². The third-order valence-corrected chi connectivity index (χ3v) is 3.42. The summed E-state index contributed by atoms with van der Waals surface area (Å²) in [7, 11) is 0. The standard InChI is InChI=1S/C20H24O4/c1-2-22-20(21)14-8-9-15-23-18-12-6-7-13-19(18)24-16-17-10-4-3-5-11-17/h3-7,10-13H,2,8-9,14-16H2,1H3. The van der Waals surface area contributed by atoms with Gasteiger partial charge in [0.15, 0.2) is 11.5 Å². The molecule has 2 aromatic rings. The molecule has 0 saturated heterocycles. The van der Waals surface area contributed by atoms with Crippen molar-refractivity contribution in [3.63, 3.8) is 0 Å². The van der Waals surface area contributed by atoms with Crippen LogP contribution in [0.2, 0.25) is 0 Å². The average molecular weight is 328 g/mol. The van der Waals surface area contributed by atoms with E-state index in [0.29, 0.717) is 26.2 Å². The molecule has 0 atom stereocenters. The minimum atomic E-state index is -0.149. The Morgan fingerprint density at radius 1 is 0.875 bits per heavy atom. The van der Waals surface area contributed by atoms with Gasteiger partial charge < -0.3 is 14.2 Å². The number of rotatable bonds is 10. The summed E-state index contributed by atoms with van der Waals surface area (Å²) in [5, 5.41) is 0. The van der Waals surface area contributed by atoms with E-state index < -0.39 is 0 Å². The first-order chi connectivity index (χ1) is 11.8. The number of unbranched alkanes of at least 4 members (excludes halogenated alkanes) is 1. The van der Waals surface area contributed by atoms with Crippen LogP contribution in [0.5, 0.6) is 11.5 Å². The average Bonchev–Trinajstić information content (AvgIpc) is 2.61. The molecule has 0 fully saturated rings. The molecule has 0 N–H and O–H groups in total. The molecule has 24 heavy (non-hydrogen) atoms. The maximum atomic E-state index is 11.3. The highest BCUT2D eigenvalue weighted by Gasteiger charge is 2.05. The van der Waals surface area contributed by atoms with E-state index in [9.17, 15) is 4.79 Å². The first-order valence-corrected chi connectivity index (χ1v) is 8.33. The third-order valence-electron chi connectivity index (χ3n) is 3.42. The van der Waals surface area contributed by atoms with Crippen LogP contribution in [0, 0.1) is 0 Å². The fourth-order valence-electron chi connectivity index (χ4n) is 2.21. The normalized spacial score (nSPS) is 10.2. The molecule has 0 aliphatic carbocycles. The van der Waals surface area contributed by atoms with Crippen LogP contribution < -0.4 is 9.47 Å². The Kier molecular flexibility index (Phi) is 7.68. The van der Waals surface area contributed by atoms with Crippen molar-refractivity contribution in [1.82, 2.24) is 0 Å². The molecule has 0 unspecified atom stereocenters. The summed E-state index contributed by atoms with van der Waals surface area (Å²) >= 11 is 0. The Hall–Kier alpha value is -2.49. The molecule has 0 aliphatic rings. The monoisotopic (exact) mass is 328 g/mol. The van der Waals surface area contributed by atoms with Gasteiger partial charge in [-0.1, -0.05) is 42.5 Å². The molecule has 0 saturated carbocycles. The summed E-state index contributed by atoms with van der Waals surface area (Å²) in [6, 6.07) is 17.7.